The average molecular weight is 436 g/mol. The van der Waals surface area contributed by atoms with E-state index in [1.807, 2.05) is 0 Å². The van der Waals surface area contributed by atoms with Crippen LogP contribution in [0, 0.1) is 0 Å². The van der Waals surface area contributed by atoms with Crippen LogP contribution >= 0.6 is 11.8 Å². The normalized spacial score (nSPS) is 17.8. The van der Waals surface area contributed by atoms with E-state index in [9.17, 15) is 15.0 Å². The van der Waals surface area contributed by atoms with Gasteiger partial charge in [0, 0.05) is 18.4 Å². The predicted molar refractivity (Wildman–Crippen MR) is 104 cm³/mol. The van der Waals surface area contributed by atoms with Gasteiger partial charge in [-0.25, -0.2) is 0 Å². The topological polar surface area (TPSA) is 112 Å². The zero-order chi connectivity index (χ0) is 19.7. The van der Waals surface area contributed by atoms with Crippen LogP contribution in [0.4, 0.5) is 0 Å². The Labute approximate surface area is 198 Å². The number of aliphatic imine (C=N–C) groups is 1. The van der Waals surface area contributed by atoms with Crippen molar-refractivity contribution in [1.29, 1.82) is 0 Å². The van der Waals surface area contributed by atoms with Crippen LogP contribution in [0.5, 0.6) is 11.5 Å². The molecule has 1 aromatic carbocycles. The Morgan fingerprint density at radius 2 is 1.79 bits per heavy atom. The molecule has 0 spiro atoms. The van der Waals surface area contributed by atoms with Crippen LogP contribution in [0.1, 0.15) is 19.9 Å². The van der Waals surface area contributed by atoms with Crippen molar-refractivity contribution < 1.29 is 63.5 Å². The molecule has 1 heterocycles. The van der Waals surface area contributed by atoms with Crippen molar-refractivity contribution in [3.63, 3.8) is 0 Å². The standard InChI is InChI=1S/C18H25NO7S.CH4.Na/c1-18(17(21)22)12-27-16(19-18)13-4-3-5-14(15(13)20)26-11-10-25-9-8-24-7-6-23-2;;/h3-5,20H,6-12H2,1-2H3,(H,21,22);1H4;/q;;+1/p-2/t18-;;/m1../s1. The van der Waals surface area contributed by atoms with Crippen LogP contribution in [-0.2, 0) is 19.0 Å². The number of benzene rings is 1. The second-order valence-electron chi connectivity index (χ2n) is 5.97. The molecule has 158 valence electrons. The van der Waals surface area contributed by atoms with Crippen molar-refractivity contribution in [3.8, 4) is 11.5 Å². The molecule has 8 nitrogen and oxygen atoms in total. The minimum Gasteiger partial charge on any atom is -0.869 e. The fourth-order valence-corrected chi connectivity index (χ4v) is 3.40. The SMILES string of the molecule is C.COCCOCCOCCOc1cccc(C2=N[C@@](C)(C(=O)[O-])CS2)c1[O-].[Na+]. The molecule has 1 atom stereocenters. The van der Waals surface area contributed by atoms with Gasteiger partial charge in [-0.15, -0.1) is 11.8 Å². The van der Waals surface area contributed by atoms with E-state index in [2.05, 4.69) is 4.99 Å². The molecule has 0 amide bonds. The number of aliphatic carboxylic acids is 1. The van der Waals surface area contributed by atoms with Gasteiger partial charge in [0.15, 0.2) is 0 Å². The number of carbonyl (C=O) groups is 1. The molecule has 10 heteroatoms. The molecule has 1 aromatic rings. The number of carboxylic acid groups (broad SMARTS) is 1. The van der Waals surface area contributed by atoms with Gasteiger partial charge in [0.25, 0.3) is 0 Å². The number of hydrogen-bond acceptors (Lipinski definition) is 9. The Morgan fingerprint density at radius 3 is 2.38 bits per heavy atom. The third-order valence-electron chi connectivity index (χ3n) is 3.78. The van der Waals surface area contributed by atoms with Gasteiger partial charge in [0.05, 0.1) is 44.0 Å². The summed E-state index contributed by atoms with van der Waals surface area (Å²) in [6.45, 7) is 3.94. The Kier molecular flexibility index (Phi) is 13.8. The summed E-state index contributed by atoms with van der Waals surface area (Å²) in [6, 6.07) is 4.85. The second kappa shape index (κ2) is 14.2. The third-order valence-corrected chi connectivity index (χ3v) is 5.07. The Balaban J connectivity index is 0.00000392. The maximum Gasteiger partial charge on any atom is 1.00 e. The van der Waals surface area contributed by atoms with Crippen LogP contribution in [0.3, 0.4) is 0 Å². The van der Waals surface area contributed by atoms with Crippen molar-refractivity contribution in [1.82, 2.24) is 0 Å². The molecular formula is C19H27NNaO7S-. The van der Waals surface area contributed by atoms with Gasteiger partial charge in [-0.05, 0) is 13.0 Å². The van der Waals surface area contributed by atoms with Crippen LogP contribution in [0.15, 0.2) is 23.2 Å². The molecular weight excluding hydrogens is 409 g/mol. The van der Waals surface area contributed by atoms with E-state index in [4.69, 9.17) is 18.9 Å². The molecule has 0 saturated carbocycles. The number of carbonyl (C=O) groups excluding carboxylic acids is 1. The monoisotopic (exact) mass is 436 g/mol. The van der Waals surface area contributed by atoms with Crippen LogP contribution in [-0.4, -0.2) is 69.1 Å². The van der Waals surface area contributed by atoms with Gasteiger partial charge in [0.2, 0.25) is 0 Å². The molecule has 29 heavy (non-hydrogen) atoms. The molecule has 0 aromatic heterocycles. The second-order valence-corrected chi connectivity index (χ2v) is 6.93. The van der Waals surface area contributed by atoms with E-state index in [1.165, 1.54) is 18.7 Å². The average Bonchev–Trinajstić information content (AvgIpc) is 3.05. The van der Waals surface area contributed by atoms with Crippen molar-refractivity contribution in [2.45, 2.75) is 19.9 Å². The summed E-state index contributed by atoms with van der Waals surface area (Å²) in [5.41, 5.74) is -0.988. The maximum atomic E-state index is 12.5. The zero-order valence-corrected chi connectivity index (χ0v) is 19.2. The number of para-hydroxylation sites is 1. The smallest absolute Gasteiger partial charge is 0.869 e. The molecule has 0 saturated heterocycles. The molecule has 0 bridgehead atoms. The van der Waals surface area contributed by atoms with Gasteiger partial charge >= 0.3 is 29.6 Å². The quantitative estimate of drug-likeness (QED) is 0.260. The summed E-state index contributed by atoms with van der Waals surface area (Å²) < 4.78 is 21.0. The number of thioether (sulfide) groups is 1. The van der Waals surface area contributed by atoms with Crippen LogP contribution in [0.2, 0.25) is 0 Å². The first kappa shape index (κ1) is 28.2. The van der Waals surface area contributed by atoms with E-state index in [1.54, 1.807) is 25.3 Å². The van der Waals surface area contributed by atoms with E-state index >= 15 is 0 Å². The van der Waals surface area contributed by atoms with E-state index in [0.29, 0.717) is 43.6 Å². The summed E-state index contributed by atoms with van der Waals surface area (Å²) in [5.74, 6) is -1.17. The third kappa shape index (κ3) is 8.45. The number of nitrogens with zero attached hydrogens (tertiary/aromatic N) is 1. The summed E-state index contributed by atoms with van der Waals surface area (Å²) in [5, 5.41) is 24.1. The Bertz CT molecular complexity index is 674. The first-order valence-corrected chi connectivity index (χ1v) is 9.48. The number of hydrogen-bond donors (Lipinski definition) is 0. The Hall–Kier alpha value is -0.810. The van der Waals surface area contributed by atoms with E-state index in [-0.39, 0.29) is 60.8 Å². The van der Waals surface area contributed by atoms with Crippen molar-refractivity contribution in [3.05, 3.63) is 23.8 Å². The van der Waals surface area contributed by atoms with E-state index < -0.39 is 11.5 Å². The number of methoxy groups -OCH3 is 1. The van der Waals surface area contributed by atoms with Crippen molar-refractivity contribution in [2.75, 3.05) is 52.5 Å². The molecule has 0 aliphatic carbocycles. The number of ether oxygens (including phenoxy) is 4. The fraction of sp³-hybridized carbons (Fsp3) is 0.579. The van der Waals surface area contributed by atoms with Crippen molar-refractivity contribution >= 4 is 22.8 Å². The van der Waals surface area contributed by atoms with Gasteiger partial charge in [-0.1, -0.05) is 25.3 Å². The Morgan fingerprint density at radius 1 is 1.17 bits per heavy atom. The summed E-state index contributed by atoms with van der Waals surface area (Å²) in [4.78, 5) is 15.3. The summed E-state index contributed by atoms with van der Waals surface area (Å²) in [7, 11) is 1.61. The molecule has 0 fully saturated rings. The molecule has 2 rings (SSSR count). The number of carboxylic acids is 1. The molecule has 1 aliphatic rings. The predicted octanol–water partition coefficient (Wildman–Crippen LogP) is -2.54. The van der Waals surface area contributed by atoms with Crippen LogP contribution in [0.25, 0.3) is 0 Å². The van der Waals surface area contributed by atoms with Crippen molar-refractivity contribution in [2.24, 2.45) is 4.99 Å². The first-order valence-electron chi connectivity index (χ1n) is 8.49. The first-order chi connectivity index (χ1) is 13.0. The van der Waals surface area contributed by atoms with Gasteiger partial charge in [-0.2, -0.15) is 0 Å². The largest absolute Gasteiger partial charge is 1.00 e. The molecule has 0 radical (unpaired) electrons. The fourth-order valence-electron chi connectivity index (χ4n) is 2.21. The number of rotatable bonds is 12. The summed E-state index contributed by atoms with van der Waals surface area (Å²) in [6.07, 6.45) is 0. The minimum atomic E-state index is -1.32. The molecule has 0 N–H and O–H groups in total. The summed E-state index contributed by atoms with van der Waals surface area (Å²) >= 11 is 1.22. The van der Waals surface area contributed by atoms with Gasteiger partial charge in [0.1, 0.15) is 17.9 Å². The minimum absolute atomic E-state index is 0. The molecule has 1 aliphatic heterocycles. The zero-order valence-electron chi connectivity index (χ0n) is 16.4. The van der Waals surface area contributed by atoms with E-state index in [0.717, 1.165) is 0 Å². The van der Waals surface area contributed by atoms with Gasteiger partial charge < -0.3 is 34.0 Å². The maximum absolute atomic E-state index is 12.5. The van der Waals surface area contributed by atoms with Crippen LogP contribution < -0.4 is 44.5 Å². The molecule has 0 unspecified atom stereocenters. The van der Waals surface area contributed by atoms with Gasteiger partial charge in [-0.3, -0.25) is 4.99 Å².